The topological polar surface area (TPSA) is 88.2 Å². The van der Waals surface area contributed by atoms with Gasteiger partial charge in [0.15, 0.2) is 5.65 Å². The molecule has 254 valence electrons. The van der Waals surface area contributed by atoms with Crippen LogP contribution in [-0.2, 0) is 33.5 Å². The van der Waals surface area contributed by atoms with Gasteiger partial charge in [-0.1, -0.05) is 31.0 Å². The second-order valence-corrected chi connectivity index (χ2v) is 16.3. The van der Waals surface area contributed by atoms with E-state index in [4.69, 9.17) is 0 Å². The first kappa shape index (κ1) is 34.0. The molecule has 1 unspecified atom stereocenters. The summed E-state index contributed by atoms with van der Waals surface area (Å²) in [5.41, 5.74) is 1.39. The van der Waals surface area contributed by atoms with Crippen LogP contribution in [-0.4, -0.2) is 75.0 Å². The number of piperidine rings is 1. The molecule has 8 bridgehead atoms. The lowest BCUT2D eigenvalue weighted by atomic mass is 9.85. The number of pyridine rings is 1. The fourth-order valence-corrected chi connectivity index (χ4v) is 9.57. The summed E-state index contributed by atoms with van der Waals surface area (Å²) in [6.45, 7) is 3.41. The first-order valence-electron chi connectivity index (χ1n) is 16.6. The Balaban J connectivity index is 1.46. The molecule has 6 heterocycles. The summed E-state index contributed by atoms with van der Waals surface area (Å²) in [6, 6.07) is 7.89. The van der Waals surface area contributed by atoms with Crippen molar-refractivity contribution >= 4 is 43.7 Å². The van der Waals surface area contributed by atoms with Crippen LogP contribution in [0.4, 0.5) is 19.0 Å². The fourth-order valence-electron chi connectivity index (χ4n) is 7.46. The molecular formula is C34H43F3N5O3S2+. The van der Waals surface area contributed by atoms with E-state index < -0.39 is 33.9 Å². The summed E-state index contributed by atoms with van der Waals surface area (Å²) < 4.78 is 75.0. The van der Waals surface area contributed by atoms with Crippen molar-refractivity contribution in [2.24, 2.45) is 5.92 Å². The van der Waals surface area contributed by atoms with Gasteiger partial charge in [0.2, 0.25) is 6.33 Å². The summed E-state index contributed by atoms with van der Waals surface area (Å²) in [5.74, 6) is 0.515. The van der Waals surface area contributed by atoms with Crippen molar-refractivity contribution in [2.45, 2.75) is 88.9 Å². The maximum atomic E-state index is 16.0. The molecule has 2 aromatic heterocycles. The maximum Gasteiger partial charge on any atom is 0.347 e. The standard InChI is InChI=1S/C34H43F3N5O3S2/c1-23-25-7-6-8-27(19-25)34(36,37)26-10-15-40(16-11-26)21-28(35)9-4-3-5-14-41-31-30(32(39-22-38-31)42(23)46-2)20-29(33(41)43)24-12-17-47(44,45)18-13-24/h6-8,19-20,22-24,26,28H,2-5,9-18,21H2,1H3/q+1/t23-,28?/m1/s1. The minimum Gasteiger partial charge on any atom is -0.300 e. The second-order valence-electron chi connectivity index (χ2n) is 13.3. The molecule has 0 N–H and O–H groups in total. The zero-order chi connectivity index (χ0) is 33.3. The lowest BCUT2D eigenvalue weighted by Gasteiger charge is -2.36. The molecule has 2 atom stereocenters. The lowest BCUT2D eigenvalue weighted by molar-refractivity contribution is -0.459. The van der Waals surface area contributed by atoms with Crippen molar-refractivity contribution in [3.8, 4) is 0 Å². The third-order valence-electron chi connectivity index (χ3n) is 10.3. The number of hydrogen-bond acceptors (Lipinski definition) is 6. The monoisotopic (exact) mass is 690 g/mol. The normalized spacial score (nSPS) is 27.4. The SMILES string of the molecule is C=S=[N+]1c2ncnc3c2cc(C2CCS(=O)(=O)CC2)c(=O)n3CCCCCC(F)CN2CCC(CC2)C(F)(F)c2cccc(c2)[C@H]1C. The van der Waals surface area contributed by atoms with Gasteiger partial charge in [0.05, 0.1) is 11.5 Å². The molecule has 47 heavy (non-hydrogen) atoms. The second kappa shape index (κ2) is 13.9. The summed E-state index contributed by atoms with van der Waals surface area (Å²) in [4.78, 5) is 25.2. The molecule has 2 fully saturated rings. The largest absolute Gasteiger partial charge is 0.347 e. The predicted molar refractivity (Wildman–Crippen MR) is 180 cm³/mol. The van der Waals surface area contributed by atoms with Gasteiger partial charge in [0.25, 0.3) is 11.5 Å². The van der Waals surface area contributed by atoms with E-state index in [2.05, 4.69) is 15.8 Å². The summed E-state index contributed by atoms with van der Waals surface area (Å²) in [6.07, 6.45) is 4.03. The smallest absolute Gasteiger partial charge is 0.300 e. The molecule has 2 saturated heterocycles. The van der Waals surface area contributed by atoms with Gasteiger partial charge < -0.3 is 4.90 Å². The van der Waals surface area contributed by atoms with Gasteiger partial charge in [-0.25, -0.2) is 21.6 Å². The molecule has 13 heteroatoms. The molecule has 0 radical (unpaired) electrons. The highest BCUT2D eigenvalue weighted by Gasteiger charge is 2.43. The Kier molecular flexibility index (Phi) is 10.1. The van der Waals surface area contributed by atoms with Crippen molar-refractivity contribution < 1.29 is 25.5 Å². The lowest BCUT2D eigenvalue weighted by Crippen LogP contribution is -2.42. The van der Waals surface area contributed by atoms with Crippen molar-refractivity contribution in [2.75, 3.05) is 31.1 Å². The zero-order valence-corrected chi connectivity index (χ0v) is 28.4. The van der Waals surface area contributed by atoms with Crippen LogP contribution in [0.25, 0.3) is 11.0 Å². The van der Waals surface area contributed by atoms with Crippen LogP contribution in [0.3, 0.4) is 0 Å². The van der Waals surface area contributed by atoms with Crippen LogP contribution >= 0.6 is 0 Å². The van der Waals surface area contributed by atoms with Crippen molar-refractivity contribution in [3.63, 3.8) is 0 Å². The Morgan fingerprint density at radius 3 is 2.47 bits per heavy atom. The van der Waals surface area contributed by atoms with Crippen LogP contribution < -0.4 is 5.56 Å². The Morgan fingerprint density at radius 2 is 1.74 bits per heavy atom. The molecule has 0 aliphatic carbocycles. The summed E-state index contributed by atoms with van der Waals surface area (Å²) in [5, 5.41) is 0.612. The van der Waals surface area contributed by atoms with Crippen LogP contribution in [0.1, 0.15) is 86.9 Å². The number of hydrogen-bond donors (Lipinski definition) is 0. The van der Waals surface area contributed by atoms with E-state index in [1.54, 1.807) is 22.8 Å². The quantitative estimate of drug-likeness (QED) is 0.234. The molecular weight excluding hydrogens is 648 g/mol. The highest BCUT2D eigenvalue weighted by atomic mass is 32.2. The van der Waals surface area contributed by atoms with E-state index >= 15 is 13.2 Å². The molecule has 0 saturated carbocycles. The number of rotatable bonds is 1. The minimum atomic E-state index is -3.14. The van der Waals surface area contributed by atoms with Gasteiger partial charge in [0, 0.05) is 41.3 Å². The Labute approximate surface area is 277 Å². The van der Waals surface area contributed by atoms with Crippen LogP contribution in [0.5, 0.6) is 0 Å². The van der Waals surface area contributed by atoms with Gasteiger partial charge in [-0.15, -0.1) is 0 Å². The average Bonchev–Trinajstić information content (AvgIpc) is 3.06. The fraction of sp³-hybridized carbons (Fsp3) is 0.588. The molecule has 4 aliphatic rings. The average molecular weight is 691 g/mol. The molecule has 3 aromatic rings. The number of fused-ring (bicyclic) bond motifs is 9. The summed E-state index contributed by atoms with van der Waals surface area (Å²) >= 11 is 1.16. The maximum absolute atomic E-state index is 16.0. The Morgan fingerprint density at radius 1 is 1.00 bits per heavy atom. The van der Waals surface area contributed by atoms with Gasteiger partial charge in [-0.05, 0) is 93.0 Å². The first-order chi connectivity index (χ1) is 22.5. The first-order valence-corrected chi connectivity index (χ1v) is 19.4. The number of benzene rings is 1. The van der Waals surface area contributed by atoms with Gasteiger partial charge in [-0.2, -0.15) is 8.93 Å². The predicted octanol–water partition coefficient (Wildman–Crippen LogP) is 5.90. The molecule has 1 aromatic carbocycles. The molecule has 8 nitrogen and oxygen atoms in total. The van der Waals surface area contributed by atoms with Crippen LogP contribution in [0.2, 0.25) is 0 Å². The zero-order valence-electron chi connectivity index (χ0n) is 26.8. The number of aryl methyl sites for hydroxylation is 1. The van der Waals surface area contributed by atoms with Gasteiger partial charge in [0.1, 0.15) is 27.4 Å². The number of nitrogens with zero attached hydrogens (tertiary/aromatic N) is 5. The number of sulfone groups is 1. The van der Waals surface area contributed by atoms with Gasteiger partial charge in [-0.3, -0.25) is 9.36 Å². The molecule has 0 spiro atoms. The van der Waals surface area contributed by atoms with E-state index in [0.29, 0.717) is 99.0 Å². The number of aromatic nitrogens is 3. The van der Waals surface area contributed by atoms with E-state index in [1.165, 1.54) is 12.4 Å². The third-order valence-corrected chi connectivity index (χ3v) is 12.8. The van der Waals surface area contributed by atoms with Crippen molar-refractivity contribution in [1.29, 1.82) is 0 Å². The Bertz CT molecular complexity index is 1840. The van der Waals surface area contributed by atoms with Gasteiger partial charge >= 0.3 is 5.82 Å². The number of alkyl halides is 3. The van der Waals surface area contributed by atoms with Crippen LogP contribution in [0, 0.1) is 5.92 Å². The highest BCUT2D eigenvalue weighted by Crippen LogP contribution is 2.43. The highest BCUT2D eigenvalue weighted by molar-refractivity contribution is 7.91. The molecule has 4 aliphatic heterocycles. The number of halogens is 3. The van der Waals surface area contributed by atoms with Crippen molar-refractivity contribution in [1.82, 2.24) is 19.4 Å². The van der Waals surface area contributed by atoms with Crippen LogP contribution in [0.15, 0.2) is 41.5 Å². The summed E-state index contributed by atoms with van der Waals surface area (Å²) in [7, 11) is -3.14. The van der Waals surface area contributed by atoms with Crippen molar-refractivity contribution in [3.05, 3.63) is 63.7 Å². The Hall–Kier alpha value is -2.90. The van der Waals surface area contributed by atoms with E-state index in [9.17, 15) is 13.2 Å². The molecule has 7 rings (SSSR count). The van der Waals surface area contributed by atoms with E-state index in [0.717, 1.165) is 11.1 Å². The minimum absolute atomic E-state index is 0.0227. The third kappa shape index (κ3) is 7.12. The van der Waals surface area contributed by atoms with E-state index in [-0.39, 0.29) is 35.1 Å². The molecule has 0 amide bonds. The van der Waals surface area contributed by atoms with E-state index in [1.807, 2.05) is 21.8 Å².